The molecule has 0 saturated carbocycles. The fraction of sp³-hybridized carbons (Fsp3) is 0.385. The minimum Gasteiger partial charge on any atom is -0.273 e. The van der Waals surface area contributed by atoms with Gasteiger partial charge in [0.1, 0.15) is 5.56 Å². The summed E-state index contributed by atoms with van der Waals surface area (Å²) < 4.78 is 0. The number of benzene rings is 1. The third-order valence-electron chi connectivity index (χ3n) is 2.67. The molecule has 0 unspecified atom stereocenters. The van der Waals surface area contributed by atoms with Crippen LogP contribution < -0.4 is 10.9 Å². The van der Waals surface area contributed by atoms with Gasteiger partial charge in [-0.1, -0.05) is 31.9 Å². The normalized spacial score (nSPS) is 9.85. The molecular formula is C13H17N3O4. The van der Waals surface area contributed by atoms with E-state index in [1.165, 1.54) is 24.3 Å². The number of unbranched alkanes of at least 4 members (excludes halogenated alkanes) is 2. The molecule has 7 heteroatoms. The second-order valence-corrected chi connectivity index (χ2v) is 4.23. The summed E-state index contributed by atoms with van der Waals surface area (Å²) in [4.78, 5) is 33.3. The second kappa shape index (κ2) is 7.88. The summed E-state index contributed by atoms with van der Waals surface area (Å²) in [5.74, 6) is -1.02. The van der Waals surface area contributed by atoms with E-state index in [9.17, 15) is 19.7 Å². The van der Waals surface area contributed by atoms with Crippen molar-refractivity contribution in [1.82, 2.24) is 10.9 Å². The maximum Gasteiger partial charge on any atom is 0.282 e. The van der Waals surface area contributed by atoms with Crippen LogP contribution in [0.2, 0.25) is 0 Å². The summed E-state index contributed by atoms with van der Waals surface area (Å²) >= 11 is 0. The zero-order valence-electron chi connectivity index (χ0n) is 11.2. The maximum atomic E-state index is 11.8. The van der Waals surface area contributed by atoms with E-state index in [0.717, 1.165) is 19.3 Å². The molecule has 0 aromatic heterocycles. The van der Waals surface area contributed by atoms with E-state index < -0.39 is 10.8 Å². The average Bonchev–Trinajstić information content (AvgIpc) is 2.45. The standard InChI is InChI=1S/C13H17N3O4/c1-2-3-4-9-12(17)14-15-13(18)10-7-5-6-8-11(10)16(19)20/h5-8H,2-4,9H2,1H3,(H,14,17)(H,15,18). The zero-order valence-corrected chi connectivity index (χ0v) is 11.2. The number of nitrogens with zero attached hydrogens (tertiary/aromatic N) is 1. The van der Waals surface area contributed by atoms with Crippen LogP contribution in [-0.2, 0) is 4.79 Å². The predicted molar refractivity (Wildman–Crippen MR) is 72.8 cm³/mol. The second-order valence-electron chi connectivity index (χ2n) is 4.23. The van der Waals surface area contributed by atoms with E-state index in [1.807, 2.05) is 6.92 Å². The van der Waals surface area contributed by atoms with E-state index in [1.54, 1.807) is 0 Å². The van der Waals surface area contributed by atoms with E-state index in [0.29, 0.717) is 6.42 Å². The van der Waals surface area contributed by atoms with Crippen molar-refractivity contribution in [3.8, 4) is 0 Å². The third kappa shape index (κ3) is 4.68. The molecule has 0 bridgehead atoms. The van der Waals surface area contributed by atoms with Crippen molar-refractivity contribution in [3.63, 3.8) is 0 Å². The van der Waals surface area contributed by atoms with Crippen molar-refractivity contribution in [2.45, 2.75) is 32.6 Å². The first kappa shape index (κ1) is 15.6. The zero-order chi connectivity index (χ0) is 15.0. The van der Waals surface area contributed by atoms with Crippen LogP contribution >= 0.6 is 0 Å². The number of hydrogen-bond donors (Lipinski definition) is 2. The fourth-order valence-electron chi connectivity index (χ4n) is 1.62. The number of para-hydroxylation sites is 1. The van der Waals surface area contributed by atoms with Crippen LogP contribution in [0.4, 0.5) is 5.69 Å². The molecule has 0 saturated heterocycles. The SMILES string of the molecule is CCCCCC(=O)NNC(=O)c1ccccc1[N+](=O)[O-]. The Labute approximate surface area is 116 Å². The van der Waals surface area contributed by atoms with E-state index in [4.69, 9.17) is 0 Å². The molecule has 0 aliphatic carbocycles. The van der Waals surface area contributed by atoms with Gasteiger partial charge in [0, 0.05) is 12.5 Å². The number of rotatable bonds is 6. The molecule has 108 valence electrons. The molecule has 2 N–H and O–H groups in total. The summed E-state index contributed by atoms with van der Waals surface area (Å²) in [5, 5.41) is 10.8. The summed E-state index contributed by atoms with van der Waals surface area (Å²) in [6.45, 7) is 2.02. The first-order valence-corrected chi connectivity index (χ1v) is 6.39. The van der Waals surface area contributed by atoms with Crippen molar-refractivity contribution in [2.75, 3.05) is 0 Å². The van der Waals surface area contributed by atoms with Crippen LogP contribution in [0.1, 0.15) is 43.0 Å². The van der Waals surface area contributed by atoms with Gasteiger partial charge in [-0.25, -0.2) is 0 Å². The predicted octanol–water partition coefficient (Wildman–Crippen LogP) is 1.94. The maximum absolute atomic E-state index is 11.8. The van der Waals surface area contributed by atoms with Gasteiger partial charge in [-0.15, -0.1) is 0 Å². The van der Waals surface area contributed by atoms with Gasteiger partial charge in [-0.3, -0.25) is 30.6 Å². The first-order chi connectivity index (χ1) is 9.56. The minimum atomic E-state index is -0.707. The lowest BCUT2D eigenvalue weighted by molar-refractivity contribution is -0.385. The van der Waals surface area contributed by atoms with Crippen LogP contribution in [0, 0.1) is 10.1 Å². The van der Waals surface area contributed by atoms with Gasteiger partial charge in [-0.2, -0.15) is 0 Å². The molecule has 0 aliphatic rings. The number of amides is 2. The monoisotopic (exact) mass is 279 g/mol. The minimum absolute atomic E-state index is 0.0913. The Morgan fingerprint density at radius 2 is 1.90 bits per heavy atom. The van der Waals surface area contributed by atoms with Crippen LogP contribution in [0.15, 0.2) is 24.3 Å². The summed E-state index contributed by atoms with van der Waals surface area (Å²) in [5.41, 5.74) is 4.03. The number of nitrogens with one attached hydrogen (secondary N) is 2. The highest BCUT2D eigenvalue weighted by Gasteiger charge is 2.19. The highest BCUT2D eigenvalue weighted by atomic mass is 16.6. The number of nitro benzene ring substituents is 1. The first-order valence-electron chi connectivity index (χ1n) is 6.39. The molecule has 1 aromatic carbocycles. The van der Waals surface area contributed by atoms with Crippen LogP contribution in [0.3, 0.4) is 0 Å². The lowest BCUT2D eigenvalue weighted by Gasteiger charge is -2.07. The van der Waals surface area contributed by atoms with Crippen molar-refractivity contribution >= 4 is 17.5 Å². The largest absolute Gasteiger partial charge is 0.282 e. The third-order valence-corrected chi connectivity index (χ3v) is 2.67. The van der Waals surface area contributed by atoms with Crippen molar-refractivity contribution < 1.29 is 14.5 Å². The number of hydrazine groups is 1. The van der Waals surface area contributed by atoms with Gasteiger partial charge in [-0.05, 0) is 12.5 Å². The molecule has 0 atom stereocenters. The van der Waals surface area contributed by atoms with Crippen molar-refractivity contribution in [3.05, 3.63) is 39.9 Å². The number of carbonyl (C=O) groups is 2. The average molecular weight is 279 g/mol. The molecule has 1 aromatic rings. The van der Waals surface area contributed by atoms with E-state index >= 15 is 0 Å². The van der Waals surface area contributed by atoms with Crippen LogP contribution in [-0.4, -0.2) is 16.7 Å². The Morgan fingerprint density at radius 1 is 1.20 bits per heavy atom. The summed E-state index contributed by atoms with van der Waals surface area (Å²) in [6.07, 6.45) is 2.98. The molecule has 0 heterocycles. The Hall–Kier alpha value is -2.44. The summed E-state index contributed by atoms with van der Waals surface area (Å²) in [6, 6.07) is 5.55. The highest BCUT2D eigenvalue weighted by Crippen LogP contribution is 2.16. The molecule has 1 rings (SSSR count). The van der Waals surface area contributed by atoms with Gasteiger partial charge < -0.3 is 0 Å². The molecule has 0 aliphatic heterocycles. The van der Waals surface area contributed by atoms with Crippen LogP contribution in [0.5, 0.6) is 0 Å². The van der Waals surface area contributed by atoms with Gasteiger partial charge in [0.2, 0.25) is 5.91 Å². The van der Waals surface area contributed by atoms with E-state index in [-0.39, 0.29) is 17.2 Å². The fourth-order valence-corrected chi connectivity index (χ4v) is 1.62. The molecule has 2 amide bonds. The number of hydrogen-bond acceptors (Lipinski definition) is 4. The number of nitro groups is 1. The molecule has 0 spiro atoms. The van der Waals surface area contributed by atoms with Gasteiger partial charge in [0.25, 0.3) is 11.6 Å². The Morgan fingerprint density at radius 3 is 2.55 bits per heavy atom. The Kier molecular flexibility index (Phi) is 6.15. The smallest absolute Gasteiger partial charge is 0.273 e. The van der Waals surface area contributed by atoms with Gasteiger partial charge >= 0.3 is 0 Å². The number of carbonyl (C=O) groups excluding carboxylic acids is 2. The van der Waals surface area contributed by atoms with Gasteiger partial charge in [0.05, 0.1) is 4.92 Å². The molecule has 0 radical (unpaired) electrons. The molecule has 7 nitrogen and oxygen atoms in total. The van der Waals surface area contributed by atoms with Crippen LogP contribution in [0.25, 0.3) is 0 Å². The lowest BCUT2D eigenvalue weighted by Crippen LogP contribution is -2.41. The summed E-state index contributed by atoms with van der Waals surface area (Å²) in [7, 11) is 0. The molecule has 20 heavy (non-hydrogen) atoms. The molecule has 0 fully saturated rings. The topological polar surface area (TPSA) is 101 Å². The Bertz CT molecular complexity index is 502. The van der Waals surface area contributed by atoms with Crippen molar-refractivity contribution in [1.29, 1.82) is 0 Å². The quantitative estimate of drug-likeness (QED) is 0.472. The Balaban J connectivity index is 2.55. The van der Waals surface area contributed by atoms with Crippen molar-refractivity contribution in [2.24, 2.45) is 0 Å². The van der Waals surface area contributed by atoms with Gasteiger partial charge in [0.15, 0.2) is 0 Å². The molecular weight excluding hydrogens is 262 g/mol. The van der Waals surface area contributed by atoms with E-state index in [2.05, 4.69) is 10.9 Å². The highest BCUT2D eigenvalue weighted by molar-refractivity contribution is 5.98. The lowest BCUT2D eigenvalue weighted by atomic mass is 10.2.